The summed E-state index contributed by atoms with van der Waals surface area (Å²) < 4.78 is 8.19. The summed E-state index contributed by atoms with van der Waals surface area (Å²) in [4.78, 5) is 16.1. The van der Waals surface area contributed by atoms with E-state index in [1.807, 2.05) is 49.8 Å². The maximum atomic E-state index is 12.1. The van der Waals surface area contributed by atoms with E-state index in [2.05, 4.69) is 20.2 Å². The third kappa shape index (κ3) is 3.86. The minimum atomic E-state index is -0.843. The lowest BCUT2D eigenvalue weighted by Gasteiger charge is -2.13. The lowest BCUT2D eigenvalue weighted by Crippen LogP contribution is -2.24. The second-order valence-electron chi connectivity index (χ2n) is 6.44. The molecule has 2 N–H and O–H groups in total. The van der Waals surface area contributed by atoms with Crippen LogP contribution in [-0.2, 0) is 5.41 Å². The van der Waals surface area contributed by atoms with Crippen LogP contribution in [0.5, 0.6) is 0 Å². The summed E-state index contributed by atoms with van der Waals surface area (Å²) in [6.45, 7) is 6.07. The lowest BCUT2D eigenvalue weighted by atomic mass is 9.93. The van der Waals surface area contributed by atoms with E-state index >= 15 is 0 Å². The van der Waals surface area contributed by atoms with E-state index in [-0.39, 0.29) is 11.4 Å². The van der Waals surface area contributed by atoms with Crippen molar-refractivity contribution in [1.29, 1.82) is 0 Å². The number of amides is 2. The molecule has 1 unspecified atom stereocenters. The fourth-order valence-corrected chi connectivity index (χ4v) is 3.50. The van der Waals surface area contributed by atoms with Crippen LogP contribution in [0.4, 0.5) is 10.6 Å². The summed E-state index contributed by atoms with van der Waals surface area (Å²) in [7, 11) is 0. The van der Waals surface area contributed by atoms with Crippen molar-refractivity contribution in [2.24, 2.45) is 0 Å². The molecule has 2 aromatic rings. The van der Waals surface area contributed by atoms with E-state index in [4.69, 9.17) is 4.52 Å². The Kier molecular flexibility index (Phi) is 4.44. The molecular formula is C17H20N4O2S. The number of nitrogens with zero attached hydrogens (tertiary/aromatic N) is 2. The summed E-state index contributed by atoms with van der Waals surface area (Å²) in [6.07, 6.45) is 5.51. The van der Waals surface area contributed by atoms with Crippen molar-refractivity contribution in [1.82, 2.24) is 14.9 Å². The molecule has 2 aromatic heterocycles. The minimum Gasteiger partial charge on any atom is -0.359 e. The molecule has 1 atom stereocenters. The summed E-state index contributed by atoms with van der Waals surface area (Å²) in [5.41, 5.74) is 2.02. The number of rotatable bonds is 3. The fraction of sp³-hybridized carbons (Fsp3) is 0.235. The molecule has 0 fully saturated rings. The van der Waals surface area contributed by atoms with Crippen LogP contribution in [-0.4, -0.2) is 16.2 Å². The van der Waals surface area contributed by atoms with Crippen molar-refractivity contribution >= 4 is 28.5 Å². The summed E-state index contributed by atoms with van der Waals surface area (Å²) in [5.74, 6) is 1.14. The Hall–Kier alpha value is -2.54. The Morgan fingerprint density at radius 1 is 1.25 bits per heavy atom. The number of hydrogen-bond acceptors (Lipinski definition) is 4. The van der Waals surface area contributed by atoms with Crippen molar-refractivity contribution in [2.75, 3.05) is 5.32 Å². The molecule has 0 radical (unpaired) electrons. The van der Waals surface area contributed by atoms with Gasteiger partial charge in [-0.1, -0.05) is 25.9 Å². The van der Waals surface area contributed by atoms with E-state index in [9.17, 15) is 4.79 Å². The number of anilines is 1. The zero-order valence-electron chi connectivity index (χ0n) is 13.8. The van der Waals surface area contributed by atoms with Crippen LogP contribution in [0.15, 0.2) is 52.0 Å². The summed E-state index contributed by atoms with van der Waals surface area (Å²) >= 11 is -0.843. The zero-order chi connectivity index (χ0) is 17.2. The van der Waals surface area contributed by atoms with Crippen molar-refractivity contribution in [2.45, 2.75) is 26.2 Å². The van der Waals surface area contributed by atoms with Crippen LogP contribution in [0.25, 0.3) is 5.57 Å². The van der Waals surface area contributed by atoms with Crippen LogP contribution in [0.3, 0.4) is 0 Å². The minimum absolute atomic E-state index is 0.149. The van der Waals surface area contributed by atoms with Gasteiger partial charge in [-0.05, 0) is 40.2 Å². The zero-order valence-corrected chi connectivity index (χ0v) is 14.7. The van der Waals surface area contributed by atoms with Crippen molar-refractivity contribution in [3.05, 3.63) is 58.8 Å². The van der Waals surface area contributed by atoms with E-state index in [0.29, 0.717) is 5.82 Å². The van der Waals surface area contributed by atoms with Crippen LogP contribution in [0.2, 0.25) is 0 Å². The molecule has 3 rings (SSSR count). The smallest absolute Gasteiger partial charge is 0.329 e. The second kappa shape index (κ2) is 6.52. The lowest BCUT2D eigenvalue weighted by molar-refractivity contribution is 0.257. The standard InChI is InChI=1S/C17H20N4O2S/c1-17(2,3)14-10-15(20-23-14)19-16(22)21-24-9-6-13(11-24)12-4-7-18-8-5-12/h4-11,24H,1-3H3,(H2,19,20,21,22). The molecule has 0 saturated carbocycles. The van der Waals surface area contributed by atoms with Gasteiger partial charge in [0.05, 0.1) is 0 Å². The average Bonchev–Trinajstić information content (AvgIpc) is 3.17. The number of nitrogens with one attached hydrogen (secondary N) is 2. The van der Waals surface area contributed by atoms with E-state index in [1.165, 1.54) is 0 Å². The molecule has 0 aliphatic carbocycles. The van der Waals surface area contributed by atoms with E-state index in [0.717, 1.165) is 16.9 Å². The molecule has 0 aromatic carbocycles. The molecule has 126 valence electrons. The van der Waals surface area contributed by atoms with Gasteiger partial charge in [0.2, 0.25) is 0 Å². The van der Waals surface area contributed by atoms with Gasteiger partial charge in [-0.3, -0.25) is 15.0 Å². The predicted octanol–water partition coefficient (Wildman–Crippen LogP) is 3.97. The number of carbonyl (C=O) groups is 1. The van der Waals surface area contributed by atoms with E-state index < -0.39 is 11.1 Å². The Morgan fingerprint density at radius 2 is 2.00 bits per heavy atom. The molecule has 6 nitrogen and oxygen atoms in total. The number of hydrogen-bond donors (Lipinski definition) is 3. The van der Waals surface area contributed by atoms with Gasteiger partial charge in [-0.25, -0.2) is 4.79 Å². The SMILES string of the molecule is CC(C)(C)c1cc(NC(=O)N[SH]2C=CC(c3ccncc3)=C2)no1. The Labute approximate surface area is 143 Å². The highest BCUT2D eigenvalue weighted by Crippen LogP contribution is 2.36. The molecule has 3 heterocycles. The highest BCUT2D eigenvalue weighted by atomic mass is 32.2. The van der Waals surface area contributed by atoms with Crippen LogP contribution in [0.1, 0.15) is 32.1 Å². The number of allylic oxidation sites excluding steroid dienone is 2. The monoisotopic (exact) mass is 344 g/mol. The van der Waals surface area contributed by atoms with Gasteiger partial charge in [-0.2, -0.15) is 0 Å². The highest BCUT2D eigenvalue weighted by Gasteiger charge is 2.20. The first-order valence-corrected chi connectivity index (χ1v) is 9.03. The molecule has 1 aliphatic heterocycles. The maximum Gasteiger partial charge on any atom is 0.329 e. The van der Waals surface area contributed by atoms with Gasteiger partial charge in [0.15, 0.2) is 5.82 Å². The Balaban J connectivity index is 1.59. The van der Waals surface area contributed by atoms with Crippen molar-refractivity contribution in [3.8, 4) is 0 Å². The van der Waals surface area contributed by atoms with Crippen LogP contribution >= 0.6 is 11.1 Å². The molecule has 0 spiro atoms. The van der Waals surface area contributed by atoms with Gasteiger partial charge in [-0.15, -0.1) is 11.1 Å². The average molecular weight is 344 g/mol. The first-order chi connectivity index (χ1) is 11.4. The van der Waals surface area contributed by atoms with Crippen LogP contribution in [0, 0.1) is 0 Å². The van der Waals surface area contributed by atoms with E-state index in [1.54, 1.807) is 18.5 Å². The van der Waals surface area contributed by atoms with Gasteiger partial charge in [0, 0.05) is 23.9 Å². The predicted molar refractivity (Wildman–Crippen MR) is 97.7 cm³/mol. The molecule has 7 heteroatoms. The Morgan fingerprint density at radius 3 is 2.67 bits per heavy atom. The highest BCUT2D eigenvalue weighted by molar-refractivity contribution is 8.21. The third-order valence-electron chi connectivity index (χ3n) is 3.43. The first-order valence-electron chi connectivity index (χ1n) is 7.55. The topological polar surface area (TPSA) is 80.0 Å². The molecule has 0 bridgehead atoms. The number of carbonyl (C=O) groups excluding carboxylic acids is 1. The van der Waals surface area contributed by atoms with Crippen molar-refractivity contribution < 1.29 is 9.32 Å². The van der Waals surface area contributed by atoms with Gasteiger partial charge >= 0.3 is 6.03 Å². The molecule has 0 saturated heterocycles. The maximum absolute atomic E-state index is 12.1. The normalized spacial score (nSPS) is 18.3. The quantitative estimate of drug-likeness (QED) is 0.736. The first kappa shape index (κ1) is 16.3. The Bertz CT molecular complexity index is 790. The molecular weight excluding hydrogens is 324 g/mol. The summed E-state index contributed by atoms with van der Waals surface area (Å²) in [6, 6.07) is 5.33. The third-order valence-corrected chi connectivity index (χ3v) is 4.92. The van der Waals surface area contributed by atoms with Gasteiger partial charge in [0.1, 0.15) is 5.76 Å². The largest absolute Gasteiger partial charge is 0.359 e. The number of thiol groups is 1. The fourth-order valence-electron chi connectivity index (χ4n) is 2.13. The summed E-state index contributed by atoms with van der Waals surface area (Å²) in [5, 5.41) is 10.6. The molecule has 24 heavy (non-hydrogen) atoms. The van der Waals surface area contributed by atoms with Crippen molar-refractivity contribution in [3.63, 3.8) is 0 Å². The number of pyridine rings is 1. The molecule has 2 amide bonds. The molecule has 1 aliphatic rings. The van der Waals surface area contributed by atoms with Gasteiger partial charge < -0.3 is 4.52 Å². The number of aromatic nitrogens is 2. The van der Waals surface area contributed by atoms with Gasteiger partial charge in [0.25, 0.3) is 0 Å². The number of urea groups is 1. The second-order valence-corrected chi connectivity index (χ2v) is 8.03. The van der Waals surface area contributed by atoms with Crippen LogP contribution < -0.4 is 10.0 Å².